The fourth-order valence-corrected chi connectivity index (χ4v) is 3.86. The second kappa shape index (κ2) is 7.00. The average molecular weight is 348 g/mol. The summed E-state index contributed by atoms with van der Waals surface area (Å²) in [7, 11) is 1.45. The van der Waals surface area contributed by atoms with Gasteiger partial charge in [-0.15, -0.1) is 0 Å². The van der Waals surface area contributed by atoms with Gasteiger partial charge in [0.15, 0.2) is 0 Å². The van der Waals surface area contributed by atoms with Crippen molar-refractivity contribution in [3.05, 3.63) is 33.2 Å². The molecule has 0 spiro atoms. The fraction of sp³-hybridized carbons (Fsp3) is 0.611. The first kappa shape index (κ1) is 17.7. The number of amides is 1. The third-order valence-electron chi connectivity index (χ3n) is 5.33. The molecule has 7 nitrogen and oxygen atoms in total. The van der Waals surface area contributed by atoms with E-state index in [9.17, 15) is 19.5 Å². The topological polar surface area (TPSA) is 99.7 Å². The van der Waals surface area contributed by atoms with Gasteiger partial charge in [-0.05, 0) is 43.7 Å². The number of carboxylic acids is 1. The first-order valence-electron chi connectivity index (χ1n) is 8.73. The second-order valence-electron chi connectivity index (χ2n) is 7.07. The number of aliphatic carboxylic acids is 1. The molecule has 1 saturated heterocycles. The molecule has 2 heterocycles. The van der Waals surface area contributed by atoms with Crippen LogP contribution in [0.4, 0.5) is 0 Å². The molecule has 1 atom stereocenters. The van der Waals surface area contributed by atoms with Crippen molar-refractivity contribution in [2.75, 3.05) is 26.8 Å². The highest BCUT2D eigenvalue weighted by atomic mass is 16.5. The van der Waals surface area contributed by atoms with Gasteiger partial charge in [-0.3, -0.25) is 14.4 Å². The Kier molecular flexibility index (Phi) is 4.94. The van der Waals surface area contributed by atoms with E-state index in [0.29, 0.717) is 13.0 Å². The van der Waals surface area contributed by atoms with Crippen molar-refractivity contribution in [3.8, 4) is 0 Å². The van der Waals surface area contributed by atoms with Crippen molar-refractivity contribution in [1.29, 1.82) is 0 Å². The minimum Gasteiger partial charge on any atom is -0.481 e. The number of hydrogen-bond acceptors (Lipinski definition) is 4. The number of methoxy groups -OCH3 is 1. The first-order valence-corrected chi connectivity index (χ1v) is 8.73. The van der Waals surface area contributed by atoms with E-state index < -0.39 is 17.3 Å². The zero-order valence-corrected chi connectivity index (χ0v) is 14.5. The number of pyridine rings is 1. The van der Waals surface area contributed by atoms with Crippen LogP contribution in [-0.2, 0) is 22.4 Å². The predicted octanol–water partition coefficient (Wildman–Crippen LogP) is 1.21. The molecule has 1 unspecified atom stereocenters. The van der Waals surface area contributed by atoms with Gasteiger partial charge in [0.05, 0.1) is 6.61 Å². The zero-order valence-electron chi connectivity index (χ0n) is 14.5. The molecule has 25 heavy (non-hydrogen) atoms. The Morgan fingerprint density at radius 3 is 2.80 bits per heavy atom. The molecule has 2 aliphatic rings. The highest BCUT2D eigenvalue weighted by Gasteiger charge is 2.46. The number of nitrogens with one attached hydrogen (secondary N) is 1. The number of aryl methyl sites for hydroxylation is 2. The summed E-state index contributed by atoms with van der Waals surface area (Å²) in [5.74, 6) is -1.37. The number of rotatable bonds is 4. The Bertz CT molecular complexity index is 741. The van der Waals surface area contributed by atoms with Crippen LogP contribution in [-0.4, -0.2) is 53.7 Å². The van der Waals surface area contributed by atoms with Gasteiger partial charge in [0.25, 0.3) is 11.5 Å². The quantitative estimate of drug-likeness (QED) is 0.797. The maximum absolute atomic E-state index is 12.8. The number of carbonyl (C=O) groups is 2. The lowest BCUT2D eigenvalue weighted by Crippen LogP contribution is -2.41. The number of nitrogens with zero attached hydrogens (tertiary/aromatic N) is 1. The van der Waals surface area contributed by atoms with Crippen LogP contribution in [0.25, 0.3) is 0 Å². The van der Waals surface area contributed by atoms with E-state index in [-0.39, 0.29) is 24.3 Å². The summed E-state index contributed by atoms with van der Waals surface area (Å²) in [6.07, 6.45) is 5.22. The molecule has 1 aromatic rings. The van der Waals surface area contributed by atoms with Gasteiger partial charge in [-0.2, -0.15) is 0 Å². The highest BCUT2D eigenvalue weighted by Crippen LogP contribution is 2.32. The van der Waals surface area contributed by atoms with Crippen LogP contribution in [0.5, 0.6) is 0 Å². The molecule has 1 aliphatic heterocycles. The first-order chi connectivity index (χ1) is 12.0. The Morgan fingerprint density at radius 1 is 1.32 bits per heavy atom. The van der Waals surface area contributed by atoms with E-state index >= 15 is 0 Å². The normalized spacial score (nSPS) is 23.2. The van der Waals surface area contributed by atoms with Gasteiger partial charge in [-0.1, -0.05) is 6.42 Å². The van der Waals surface area contributed by atoms with Crippen LogP contribution in [0.2, 0.25) is 0 Å². The molecule has 136 valence electrons. The molecule has 3 rings (SSSR count). The van der Waals surface area contributed by atoms with Gasteiger partial charge in [0.1, 0.15) is 11.0 Å². The summed E-state index contributed by atoms with van der Waals surface area (Å²) in [5, 5.41) is 9.52. The van der Waals surface area contributed by atoms with E-state index in [4.69, 9.17) is 4.74 Å². The Labute approximate surface area is 146 Å². The van der Waals surface area contributed by atoms with Gasteiger partial charge in [0.2, 0.25) is 0 Å². The predicted molar refractivity (Wildman–Crippen MR) is 90.8 cm³/mol. The van der Waals surface area contributed by atoms with E-state index in [1.54, 1.807) is 6.07 Å². The van der Waals surface area contributed by atoms with Gasteiger partial charge < -0.3 is 19.7 Å². The number of carbonyl (C=O) groups excluding carboxylic acids is 1. The molecular formula is C18H24N2O5. The molecule has 1 amide bonds. The number of fused-ring (bicyclic) bond motifs is 1. The van der Waals surface area contributed by atoms with Gasteiger partial charge >= 0.3 is 5.97 Å². The minimum atomic E-state index is -1.09. The van der Waals surface area contributed by atoms with E-state index in [2.05, 4.69) is 4.98 Å². The monoisotopic (exact) mass is 348 g/mol. The van der Waals surface area contributed by atoms with Crippen LogP contribution in [0.3, 0.4) is 0 Å². The van der Waals surface area contributed by atoms with Crippen molar-refractivity contribution in [3.63, 3.8) is 0 Å². The maximum atomic E-state index is 12.8. The van der Waals surface area contributed by atoms with Crippen molar-refractivity contribution >= 4 is 11.9 Å². The molecule has 2 N–H and O–H groups in total. The van der Waals surface area contributed by atoms with Crippen molar-refractivity contribution in [2.45, 2.75) is 38.5 Å². The maximum Gasteiger partial charge on any atom is 0.313 e. The molecule has 1 aromatic heterocycles. The Balaban J connectivity index is 1.86. The molecular weight excluding hydrogens is 324 g/mol. The third kappa shape index (κ3) is 3.33. The molecule has 1 aliphatic carbocycles. The Morgan fingerprint density at radius 2 is 2.08 bits per heavy atom. The van der Waals surface area contributed by atoms with Crippen LogP contribution in [0.1, 0.15) is 47.3 Å². The number of aromatic nitrogens is 1. The molecule has 7 heteroatoms. The smallest absolute Gasteiger partial charge is 0.313 e. The van der Waals surface area contributed by atoms with Gasteiger partial charge in [0, 0.05) is 25.9 Å². The third-order valence-corrected chi connectivity index (χ3v) is 5.33. The summed E-state index contributed by atoms with van der Waals surface area (Å²) < 4.78 is 5.05. The minimum absolute atomic E-state index is 0.0483. The zero-order chi connectivity index (χ0) is 18.0. The van der Waals surface area contributed by atoms with E-state index in [1.807, 2.05) is 0 Å². The number of ether oxygens (including phenoxy) is 1. The van der Waals surface area contributed by atoms with Crippen molar-refractivity contribution in [2.24, 2.45) is 5.41 Å². The summed E-state index contributed by atoms with van der Waals surface area (Å²) in [6.45, 7) is 0.420. The fourth-order valence-electron chi connectivity index (χ4n) is 3.86. The number of aromatic amines is 1. The number of hydrogen-bond donors (Lipinski definition) is 2. The number of H-pyrrole nitrogens is 1. The molecule has 0 saturated carbocycles. The number of likely N-dealkylation sites (tertiary alicyclic amines) is 1. The lowest BCUT2D eigenvalue weighted by Gasteiger charge is -2.23. The van der Waals surface area contributed by atoms with Gasteiger partial charge in [-0.25, -0.2) is 0 Å². The van der Waals surface area contributed by atoms with Crippen LogP contribution < -0.4 is 5.56 Å². The summed E-state index contributed by atoms with van der Waals surface area (Å²) >= 11 is 0. The molecule has 0 radical (unpaired) electrons. The molecule has 0 aromatic carbocycles. The lowest BCUT2D eigenvalue weighted by atomic mass is 9.88. The lowest BCUT2D eigenvalue weighted by molar-refractivity contribution is -0.151. The summed E-state index contributed by atoms with van der Waals surface area (Å²) in [4.78, 5) is 41.2. The van der Waals surface area contributed by atoms with Crippen LogP contribution in [0.15, 0.2) is 10.9 Å². The average Bonchev–Trinajstić information content (AvgIpc) is 2.88. The molecule has 1 fully saturated rings. The van der Waals surface area contributed by atoms with Crippen molar-refractivity contribution < 1.29 is 19.4 Å². The standard InChI is InChI=1S/C18H24N2O5/c1-25-11-18(17(23)24)7-8-20(10-18)16(22)13-9-12-5-3-2-4-6-14(12)19-15(13)21/h9H,2-8,10-11H2,1H3,(H,19,21)(H,23,24). The summed E-state index contributed by atoms with van der Waals surface area (Å²) in [5.41, 5.74) is 0.591. The Hall–Kier alpha value is -2.15. The van der Waals surface area contributed by atoms with Crippen LogP contribution >= 0.6 is 0 Å². The van der Waals surface area contributed by atoms with Crippen LogP contribution in [0, 0.1) is 5.41 Å². The number of carboxylic acid groups (broad SMARTS) is 1. The second-order valence-corrected chi connectivity index (χ2v) is 7.07. The van der Waals surface area contributed by atoms with E-state index in [1.165, 1.54) is 12.0 Å². The molecule has 0 bridgehead atoms. The summed E-state index contributed by atoms with van der Waals surface area (Å²) in [6, 6.07) is 1.71. The van der Waals surface area contributed by atoms with E-state index in [0.717, 1.165) is 43.4 Å². The largest absolute Gasteiger partial charge is 0.481 e. The SMILES string of the molecule is COCC1(C(=O)O)CCN(C(=O)c2cc3c([nH]c2=O)CCCCC3)C1. The highest BCUT2D eigenvalue weighted by molar-refractivity contribution is 5.95. The van der Waals surface area contributed by atoms with Crippen molar-refractivity contribution in [1.82, 2.24) is 9.88 Å².